The molecule has 1 aromatic rings. The van der Waals surface area contributed by atoms with E-state index in [2.05, 4.69) is 35.8 Å². The van der Waals surface area contributed by atoms with Gasteiger partial charge in [0.1, 0.15) is 0 Å². The minimum Gasteiger partial charge on any atom is -0.481 e. The summed E-state index contributed by atoms with van der Waals surface area (Å²) in [6.45, 7) is 3.61. The quantitative estimate of drug-likeness (QED) is 0.777. The molecule has 1 aliphatic rings. The summed E-state index contributed by atoms with van der Waals surface area (Å²) in [4.78, 5) is 24.1. The smallest absolute Gasteiger partial charge is 0.317 e. The number of carboxylic acid groups (broad SMARTS) is 1. The molecular weight excluding hydrogens is 282 g/mol. The van der Waals surface area contributed by atoms with E-state index >= 15 is 0 Å². The fourth-order valence-corrected chi connectivity index (χ4v) is 2.59. The molecule has 0 atom stereocenters. The SMILES string of the molecule is Cc1cccc(NC2CCN(C(=O)NCCC(=O)O)CC2)c1. The van der Waals surface area contributed by atoms with Crippen LogP contribution in [0.1, 0.15) is 24.8 Å². The molecule has 2 amide bonds. The number of aliphatic carboxylic acids is 1. The van der Waals surface area contributed by atoms with Gasteiger partial charge in [0.15, 0.2) is 0 Å². The van der Waals surface area contributed by atoms with Gasteiger partial charge in [0, 0.05) is 31.4 Å². The van der Waals surface area contributed by atoms with Gasteiger partial charge in [-0.05, 0) is 37.5 Å². The number of aryl methyl sites for hydroxylation is 1. The van der Waals surface area contributed by atoms with Crippen molar-refractivity contribution < 1.29 is 14.7 Å². The summed E-state index contributed by atoms with van der Waals surface area (Å²) < 4.78 is 0. The maximum atomic E-state index is 11.9. The number of benzene rings is 1. The van der Waals surface area contributed by atoms with Crippen LogP contribution in [0.25, 0.3) is 0 Å². The van der Waals surface area contributed by atoms with Gasteiger partial charge in [-0.2, -0.15) is 0 Å². The second-order valence-corrected chi connectivity index (χ2v) is 5.65. The van der Waals surface area contributed by atoms with Crippen LogP contribution < -0.4 is 10.6 Å². The number of urea groups is 1. The number of likely N-dealkylation sites (tertiary alicyclic amines) is 1. The lowest BCUT2D eigenvalue weighted by Crippen LogP contribution is -2.47. The van der Waals surface area contributed by atoms with Crippen molar-refractivity contribution in [3.63, 3.8) is 0 Å². The summed E-state index contributed by atoms with van der Waals surface area (Å²) in [6, 6.07) is 8.46. The standard InChI is InChI=1S/C16H23N3O3/c1-12-3-2-4-14(11-12)18-13-6-9-19(10-7-13)16(22)17-8-5-15(20)21/h2-4,11,13,18H,5-10H2,1H3,(H,17,22)(H,20,21). The molecule has 1 aromatic carbocycles. The number of nitrogens with zero attached hydrogens (tertiary/aromatic N) is 1. The number of hydrogen-bond acceptors (Lipinski definition) is 3. The summed E-state index contributed by atoms with van der Waals surface area (Å²) in [5, 5.41) is 14.7. The van der Waals surface area contributed by atoms with Gasteiger partial charge < -0.3 is 20.6 Å². The van der Waals surface area contributed by atoms with E-state index in [0.717, 1.165) is 18.5 Å². The van der Waals surface area contributed by atoms with Crippen molar-refractivity contribution in [3.8, 4) is 0 Å². The average Bonchev–Trinajstić information content (AvgIpc) is 2.47. The van der Waals surface area contributed by atoms with Gasteiger partial charge in [0.2, 0.25) is 0 Å². The molecule has 1 fully saturated rings. The number of carbonyl (C=O) groups is 2. The minimum atomic E-state index is -0.902. The van der Waals surface area contributed by atoms with E-state index in [1.807, 2.05) is 6.07 Å². The third-order valence-corrected chi connectivity index (χ3v) is 3.79. The zero-order valence-corrected chi connectivity index (χ0v) is 12.8. The molecule has 0 spiro atoms. The lowest BCUT2D eigenvalue weighted by molar-refractivity contribution is -0.136. The Kier molecular flexibility index (Phi) is 5.63. The Labute approximate surface area is 130 Å². The molecular formula is C16H23N3O3. The van der Waals surface area contributed by atoms with Gasteiger partial charge in [0.25, 0.3) is 0 Å². The average molecular weight is 305 g/mol. The zero-order valence-electron chi connectivity index (χ0n) is 12.8. The first-order chi connectivity index (χ1) is 10.5. The Bertz CT molecular complexity index is 525. The van der Waals surface area contributed by atoms with Crippen LogP contribution in [-0.2, 0) is 4.79 Å². The van der Waals surface area contributed by atoms with E-state index in [4.69, 9.17) is 5.11 Å². The predicted molar refractivity (Wildman–Crippen MR) is 85.0 cm³/mol. The molecule has 2 rings (SSSR count). The molecule has 6 nitrogen and oxygen atoms in total. The maximum Gasteiger partial charge on any atom is 0.317 e. The highest BCUT2D eigenvalue weighted by atomic mass is 16.4. The molecule has 0 unspecified atom stereocenters. The minimum absolute atomic E-state index is 0.0445. The normalized spacial score (nSPS) is 15.4. The molecule has 0 aromatic heterocycles. The summed E-state index contributed by atoms with van der Waals surface area (Å²) in [7, 11) is 0. The fourth-order valence-electron chi connectivity index (χ4n) is 2.59. The van der Waals surface area contributed by atoms with Crippen LogP contribution in [0.15, 0.2) is 24.3 Å². The van der Waals surface area contributed by atoms with Crippen LogP contribution in [0, 0.1) is 6.92 Å². The second-order valence-electron chi connectivity index (χ2n) is 5.65. The number of nitrogens with one attached hydrogen (secondary N) is 2. The van der Waals surface area contributed by atoms with Crippen molar-refractivity contribution in [1.29, 1.82) is 0 Å². The molecule has 1 heterocycles. The topological polar surface area (TPSA) is 81.7 Å². The molecule has 1 aliphatic heterocycles. The lowest BCUT2D eigenvalue weighted by Gasteiger charge is -2.33. The fraction of sp³-hybridized carbons (Fsp3) is 0.500. The Balaban J connectivity index is 1.73. The van der Waals surface area contributed by atoms with Crippen LogP contribution in [0.3, 0.4) is 0 Å². The van der Waals surface area contributed by atoms with Crippen LogP contribution in [-0.4, -0.2) is 47.7 Å². The molecule has 3 N–H and O–H groups in total. The van der Waals surface area contributed by atoms with E-state index in [-0.39, 0.29) is 19.0 Å². The van der Waals surface area contributed by atoms with Gasteiger partial charge in [-0.15, -0.1) is 0 Å². The molecule has 0 radical (unpaired) electrons. The third kappa shape index (κ3) is 4.95. The van der Waals surface area contributed by atoms with Crippen molar-refractivity contribution in [2.24, 2.45) is 0 Å². The number of anilines is 1. The Hall–Kier alpha value is -2.24. The maximum absolute atomic E-state index is 11.9. The third-order valence-electron chi connectivity index (χ3n) is 3.79. The molecule has 120 valence electrons. The highest BCUT2D eigenvalue weighted by Gasteiger charge is 2.22. The van der Waals surface area contributed by atoms with Crippen molar-refractivity contribution in [2.45, 2.75) is 32.2 Å². The Morgan fingerprint density at radius 3 is 2.68 bits per heavy atom. The molecule has 1 saturated heterocycles. The van der Waals surface area contributed by atoms with Gasteiger partial charge in [-0.3, -0.25) is 4.79 Å². The van der Waals surface area contributed by atoms with Crippen LogP contribution in [0.4, 0.5) is 10.5 Å². The first kappa shape index (κ1) is 16.1. The van der Waals surface area contributed by atoms with Crippen LogP contribution in [0.2, 0.25) is 0 Å². The number of amides is 2. The highest BCUT2D eigenvalue weighted by molar-refractivity contribution is 5.75. The number of rotatable bonds is 5. The lowest BCUT2D eigenvalue weighted by atomic mass is 10.0. The number of carboxylic acids is 1. The molecule has 0 bridgehead atoms. The first-order valence-electron chi connectivity index (χ1n) is 7.62. The molecule has 0 aliphatic carbocycles. The van der Waals surface area contributed by atoms with E-state index < -0.39 is 5.97 Å². The number of carbonyl (C=O) groups excluding carboxylic acids is 1. The molecule has 6 heteroatoms. The Morgan fingerprint density at radius 2 is 2.05 bits per heavy atom. The number of piperidine rings is 1. The zero-order chi connectivity index (χ0) is 15.9. The van der Waals surface area contributed by atoms with Gasteiger partial charge in [-0.25, -0.2) is 4.79 Å². The van der Waals surface area contributed by atoms with Crippen molar-refractivity contribution in [1.82, 2.24) is 10.2 Å². The van der Waals surface area contributed by atoms with E-state index in [1.165, 1.54) is 5.56 Å². The van der Waals surface area contributed by atoms with Crippen LogP contribution >= 0.6 is 0 Å². The van der Waals surface area contributed by atoms with E-state index in [0.29, 0.717) is 19.1 Å². The van der Waals surface area contributed by atoms with E-state index in [1.54, 1.807) is 4.90 Å². The largest absolute Gasteiger partial charge is 0.481 e. The summed E-state index contributed by atoms with van der Waals surface area (Å²) in [5.41, 5.74) is 2.34. The summed E-state index contributed by atoms with van der Waals surface area (Å²) in [5.74, 6) is -0.902. The first-order valence-corrected chi connectivity index (χ1v) is 7.62. The number of hydrogen-bond donors (Lipinski definition) is 3. The van der Waals surface area contributed by atoms with Gasteiger partial charge >= 0.3 is 12.0 Å². The van der Waals surface area contributed by atoms with Crippen molar-refractivity contribution in [2.75, 3.05) is 25.0 Å². The van der Waals surface area contributed by atoms with Gasteiger partial charge in [-0.1, -0.05) is 12.1 Å². The predicted octanol–water partition coefficient (Wildman–Crippen LogP) is 2.06. The van der Waals surface area contributed by atoms with Gasteiger partial charge in [0.05, 0.1) is 6.42 Å². The second kappa shape index (κ2) is 7.68. The van der Waals surface area contributed by atoms with E-state index in [9.17, 15) is 9.59 Å². The van der Waals surface area contributed by atoms with Crippen molar-refractivity contribution >= 4 is 17.7 Å². The van der Waals surface area contributed by atoms with Crippen molar-refractivity contribution in [3.05, 3.63) is 29.8 Å². The Morgan fingerprint density at radius 1 is 1.32 bits per heavy atom. The van der Waals surface area contributed by atoms with Crippen LogP contribution in [0.5, 0.6) is 0 Å². The summed E-state index contributed by atoms with van der Waals surface area (Å²) >= 11 is 0. The molecule has 22 heavy (non-hydrogen) atoms. The summed E-state index contributed by atoms with van der Waals surface area (Å²) in [6.07, 6.45) is 1.73. The monoisotopic (exact) mass is 305 g/mol. The molecule has 0 saturated carbocycles. The highest BCUT2D eigenvalue weighted by Crippen LogP contribution is 2.17.